The molecule has 0 aliphatic rings. The van der Waals surface area contributed by atoms with E-state index < -0.39 is 0 Å². The van der Waals surface area contributed by atoms with Crippen LogP contribution in [-0.2, 0) is 0 Å². The Balaban J connectivity index is 0.896. The molecule has 0 N–H and O–H groups in total. The fourth-order valence-electron chi connectivity index (χ4n) is 10.8. The third-order valence-electron chi connectivity index (χ3n) is 13.9. The van der Waals surface area contributed by atoms with Crippen molar-refractivity contribution in [1.82, 2.24) is 18.2 Å². The van der Waals surface area contributed by atoms with Gasteiger partial charge in [-0.05, 0) is 117 Å². The molecular formula is C62H38N4O2. The Hall–Kier alpha value is -9.26. The highest BCUT2D eigenvalue weighted by Crippen LogP contribution is 2.39. The molecular weight excluding hydrogens is 833 g/mol. The lowest BCUT2D eigenvalue weighted by Crippen LogP contribution is -2.21. The maximum atomic E-state index is 14.4. The number of rotatable bonds is 6. The lowest BCUT2D eigenvalue weighted by molar-refractivity contribution is 0.841. The SMILES string of the molecule is O=c1c2cc(-c3ccc4c5ccccc5n(-c5cccc(-c6ccccc6)c5)c4c3)ccc2n2c3cc(-c4ccc5c6ccccc6n(-c6cccc(-c7ccccc7)c6)c5c4)ccc3c(=O)n12. The zero-order valence-corrected chi connectivity index (χ0v) is 36.5. The van der Waals surface area contributed by atoms with E-state index >= 15 is 0 Å². The van der Waals surface area contributed by atoms with E-state index in [2.05, 4.69) is 197 Å². The van der Waals surface area contributed by atoms with Crippen molar-refractivity contribution in [1.29, 1.82) is 0 Å². The Labute approximate surface area is 389 Å². The van der Waals surface area contributed by atoms with Gasteiger partial charge >= 0.3 is 0 Å². The smallest absolute Gasteiger partial charge is 0.282 e. The van der Waals surface area contributed by atoms with Crippen LogP contribution in [0.3, 0.4) is 0 Å². The summed E-state index contributed by atoms with van der Waals surface area (Å²) in [5.41, 5.74) is 15.7. The van der Waals surface area contributed by atoms with Gasteiger partial charge in [-0.25, -0.2) is 4.52 Å². The topological polar surface area (TPSA) is 52.8 Å². The van der Waals surface area contributed by atoms with Crippen molar-refractivity contribution in [2.45, 2.75) is 0 Å². The molecule has 68 heavy (non-hydrogen) atoms. The molecule has 0 saturated heterocycles. The van der Waals surface area contributed by atoms with Crippen LogP contribution in [0.25, 0.3) is 121 Å². The Bertz CT molecular complexity index is 4480. The van der Waals surface area contributed by atoms with Crippen molar-refractivity contribution < 1.29 is 0 Å². The van der Waals surface area contributed by atoms with E-state index in [1.807, 2.05) is 42.5 Å². The van der Waals surface area contributed by atoms with Crippen LogP contribution in [0.2, 0.25) is 0 Å². The molecule has 4 aromatic heterocycles. The first-order valence-electron chi connectivity index (χ1n) is 22.9. The van der Waals surface area contributed by atoms with Crippen molar-refractivity contribution in [3.63, 3.8) is 0 Å². The minimum Gasteiger partial charge on any atom is -0.309 e. The number of fused-ring (bicyclic) bond motifs is 11. The Morgan fingerprint density at radius 3 is 1.16 bits per heavy atom. The zero-order valence-electron chi connectivity index (χ0n) is 36.5. The average molecular weight is 871 g/mol. The van der Waals surface area contributed by atoms with Crippen LogP contribution >= 0.6 is 0 Å². The van der Waals surface area contributed by atoms with E-state index in [0.717, 1.165) is 83.2 Å². The Morgan fingerprint density at radius 2 is 0.618 bits per heavy atom. The van der Waals surface area contributed by atoms with E-state index in [4.69, 9.17) is 0 Å². The monoisotopic (exact) mass is 870 g/mol. The van der Waals surface area contributed by atoms with Gasteiger partial charge in [-0.3, -0.25) is 9.59 Å². The van der Waals surface area contributed by atoms with Crippen LogP contribution in [0, 0.1) is 0 Å². The van der Waals surface area contributed by atoms with Gasteiger partial charge in [0.05, 0.1) is 43.9 Å². The van der Waals surface area contributed by atoms with Crippen LogP contribution in [0.4, 0.5) is 0 Å². The highest BCUT2D eigenvalue weighted by molar-refractivity contribution is 6.12. The first-order chi connectivity index (χ1) is 33.6. The molecule has 0 spiro atoms. The third kappa shape index (κ3) is 5.64. The van der Waals surface area contributed by atoms with Crippen molar-refractivity contribution >= 4 is 65.4 Å². The van der Waals surface area contributed by atoms with Crippen molar-refractivity contribution in [3.8, 4) is 55.9 Å². The Kier molecular flexibility index (Phi) is 8.18. The second-order valence-corrected chi connectivity index (χ2v) is 17.7. The van der Waals surface area contributed by atoms with E-state index in [0.29, 0.717) is 21.8 Å². The van der Waals surface area contributed by atoms with Crippen molar-refractivity contribution in [3.05, 3.63) is 251 Å². The summed E-state index contributed by atoms with van der Waals surface area (Å²) in [6.07, 6.45) is 0. The molecule has 0 atom stereocenters. The number of para-hydroxylation sites is 2. The highest BCUT2D eigenvalue weighted by Gasteiger charge is 2.21. The van der Waals surface area contributed by atoms with Gasteiger partial charge < -0.3 is 9.13 Å². The van der Waals surface area contributed by atoms with Gasteiger partial charge in [0.2, 0.25) is 0 Å². The van der Waals surface area contributed by atoms with Gasteiger partial charge in [-0.1, -0.05) is 158 Å². The summed E-state index contributed by atoms with van der Waals surface area (Å²) >= 11 is 0. The summed E-state index contributed by atoms with van der Waals surface area (Å²) in [6, 6.07) is 80.3. The molecule has 0 saturated carbocycles. The first-order valence-corrected chi connectivity index (χ1v) is 22.9. The number of hydrogen-bond acceptors (Lipinski definition) is 2. The molecule has 14 aromatic rings. The van der Waals surface area contributed by atoms with E-state index in [1.54, 1.807) is 4.52 Å². The molecule has 0 aliphatic heterocycles. The second kappa shape index (κ2) is 14.6. The second-order valence-electron chi connectivity index (χ2n) is 17.7. The first kappa shape index (κ1) is 38.1. The predicted molar refractivity (Wildman–Crippen MR) is 280 cm³/mol. The normalized spacial score (nSPS) is 11.9. The molecule has 14 rings (SSSR count). The summed E-state index contributed by atoms with van der Waals surface area (Å²) < 4.78 is 7.76. The quantitative estimate of drug-likeness (QED) is 0.167. The van der Waals surface area contributed by atoms with Gasteiger partial charge in [-0.2, -0.15) is 4.52 Å². The summed E-state index contributed by atoms with van der Waals surface area (Å²) in [6.45, 7) is 0. The summed E-state index contributed by atoms with van der Waals surface area (Å²) in [7, 11) is 0. The van der Waals surface area contributed by atoms with Gasteiger partial charge in [0.15, 0.2) is 0 Å². The van der Waals surface area contributed by atoms with Crippen molar-refractivity contribution in [2.75, 3.05) is 0 Å². The van der Waals surface area contributed by atoms with Gasteiger partial charge in [-0.15, -0.1) is 0 Å². The average Bonchev–Trinajstić information content (AvgIpc) is 4.11. The van der Waals surface area contributed by atoms with Gasteiger partial charge in [0, 0.05) is 32.9 Å². The van der Waals surface area contributed by atoms with E-state index in [-0.39, 0.29) is 11.1 Å². The molecule has 0 aliphatic carbocycles. The molecule has 0 fully saturated rings. The number of benzene rings is 10. The molecule has 6 nitrogen and oxygen atoms in total. The maximum absolute atomic E-state index is 14.4. The Morgan fingerprint density at radius 1 is 0.221 bits per heavy atom. The van der Waals surface area contributed by atoms with E-state index in [1.165, 1.54) is 20.9 Å². The van der Waals surface area contributed by atoms with Crippen LogP contribution in [0.15, 0.2) is 240 Å². The zero-order chi connectivity index (χ0) is 45.0. The lowest BCUT2D eigenvalue weighted by Gasteiger charge is -2.11. The molecule has 10 aromatic carbocycles. The minimum atomic E-state index is -0.332. The number of hydrogen-bond donors (Lipinski definition) is 0. The molecule has 0 radical (unpaired) electrons. The summed E-state index contributed by atoms with van der Waals surface area (Å²) in [5.74, 6) is 0. The molecule has 318 valence electrons. The van der Waals surface area contributed by atoms with Crippen LogP contribution in [0.1, 0.15) is 0 Å². The number of nitrogens with zero attached hydrogens (tertiary/aromatic N) is 4. The standard InChI is InChI=1S/C62H38N4O2/c67-61-53-31-27-46(45-26-30-52-50-22-8-10-24-56(50)64(59(52)37-45)48-20-12-18-42(34-48)40-15-5-2-6-16-40)38-60(53)65-57-32-28-43(35-54(57)62(68)66(61)65)44-25-29-51-49-21-7-9-23-55(49)63(58(51)36-44)47-19-11-17-41(33-47)39-13-3-1-4-14-39/h1-38H. The van der Waals surface area contributed by atoms with Gasteiger partial charge in [0.25, 0.3) is 11.1 Å². The third-order valence-corrected chi connectivity index (χ3v) is 13.9. The fourth-order valence-corrected chi connectivity index (χ4v) is 10.8. The number of aromatic nitrogens is 4. The summed E-state index contributed by atoms with van der Waals surface area (Å²) in [5, 5.41) is 5.64. The predicted octanol–water partition coefficient (Wildman–Crippen LogP) is 14.4. The minimum absolute atomic E-state index is 0.327. The van der Waals surface area contributed by atoms with E-state index in [9.17, 15) is 9.59 Å². The maximum Gasteiger partial charge on any atom is 0.282 e. The fraction of sp³-hybridized carbons (Fsp3) is 0. The molecule has 6 heteroatoms. The van der Waals surface area contributed by atoms with Crippen LogP contribution < -0.4 is 11.1 Å². The molecule has 0 amide bonds. The van der Waals surface area contributed by atoms with Crippen LogP contribution in [-0.4, -0.2) is 18.2 Å². The summed E-state index contributed by atoms with van der Waals surface area (Å²) in [4.78, 5) is 28.5. The largest absolute Gasteiger partial charge is 0.309 e. The molecule has 0 unspecified atom stereocenters. The molecule has 0 bridgehead atoms. The highest BCUT2D eigenvalue weighted by atomic mass is 16.2. The van der Waals surface area contributed by atoms with Gasteiger partial charge in [0.1, 0.15) is 0 Å². The van der Waals surface area contributed by atoms with Crippen LogP contribution in [0.5, 0.6) is 0 Å². The lowest BCUT2D eigenvalue weighted by atomic mass is 10.0. The van der Waals surface area contributed by atoms with Crippen molar-refractivity contribution in [2.24, 2.45) is 0 Å². The molecule has 4 heterocycles.